The van der Waals surface area contributed by atoms with E-state index in [4.69, 9.17) is 22.1 Å². The number of benzene rings is 2. The molecule has 0 aliphatic rings. The van der Waals surface area contributed by atoms with E-state index in [1.165, 1.54) is 37.7 Å². The van der Waals surface area contributed by atoms with Crippen LogP contribution in [0.25, 0.3) is 10.9 Å². The van der Waals surface area contributed by atoms with Crippen LogP contribution in [0.1, 0.15) is 0 Å². The van der Waals surface area contributed by atoms with Gasteiger partial charge in [-0.3, -0.25) is 4.79 Å². The number of nitrogens with two attached hydrogens (primary N) is 1. The van der Waals surface area contributed by atoms with E-state index >= 15 is 0 Å². The Morgan fingerprint density at radius 1 is 1.32 bits per heavy atom. The van der Waals surface area contributed by atoms with E-state index in [0.29, 0.717) is 33.8 Å². The number of hydrogen-bond acceptors (Lipinski definition) is 6. The van der Waals surface area contributed by atoms with E-state index in [-0.39, 0.29) is 17.5 Å². The van der Waals surface area contributed by atoms with Crippen molar-refractivity contribution in [3.8, 4) is 5.75 Å². The predicted octanol–water partition coefficient (Wildman–Crippen LogP) is 3.63. The molecule has 1 amide bonds. The van der Waals surface area contributed by atoms with E-state index in [1.807, 2.05) is 0 Å². The Bertz CT molecular complexity index is 1060. The molecule has 0 bridgehead atoms. The molecule has 3 rings (SSSR count). The second-order valence-electron chi connectivity index (χ2n) is 5.67. The van der Waals surface area contributed by atoms with Crippen LogP contribution in [0.4, 0.5) is 21.6 Å². The maximum Gasteiger partial charge on any atom is 0.248 e. The normalized spacial score (nSPS) is 11.0. The van der Waals surface area contributed by atoms with Crippen molar-refractivity contribution in [1.82, 2.24) is 9.97 Å². The minimum absolute atomic E-state index is 0.00956. The van der Waals surface area contributed by atoms with E-state index in [9.17, 15) is 9.18 Å². The molecular formula is C19H17ClFN5O2. The van der Waals surface area contributed by atoms with Crippen molar-refractivity contribution >= 4 is 45.6 Å². The summed E-state index contributed by atoms with van der Waals surface area (Å²) in [7, 11) is 1.49. The van der Waals surface area contributed by atoms with E-state index in [2.05, 4.69) is 20.6 Å². The average molecular weight is 402 g/mol. The van der Waals surface area contributed by atoms with E-state index in [1.54, 1.807) is 18.2 Å². The summed E-state index contributed by atoms with van der Waals surface area (Å²) in [4.78, 5) is 20.5. The van der Waals surface area contributed by atoms with Crippen molar-refractivity contribution in [2.24, 2.45) is 5.73 Å². The zero-order valence-corrected chi connectivity index (χ0v) is 15.6. The fourth-order valence-corrected chi connectivity index (χ4v) is 2.69. The molecule has 0 spiro atoms. The fourth-order valence-electron chi connectivity index (χ4n) is 2.51. The second kappa shape index (κ2) is 8.64. The van der Waals surface area contributed by atoms with Crippen LogP contribution >= 0.6 is 11.6 Å². The van der Waals surface area contributed by atoms with Crippen LogP contribution in [0, 0.1) is 5.82 Å². The lowest BCUT2D eigenvalue weighted by Gasteiger charge is -2.13. The van der Waals surface area contributed by atoms with Crippen molar-refractivity contribution in [3.63, 3.8) is 0 Å². The third-order valence-electron chi connectivity index (χ3n) is 3.80. The fraction of sp³-hybridized carbons (Fsp3) is 0.105. The first-order valence-corrected chi connectivity index (χ1v) is 8.62. The smallest absolute Gasteiger partial charge is 0.248 e. The maximum atomic E-state index is 13.4. The van der Waals surface area contributed by atoms with Crippen molar-refractivity contribution in [2.45, 2.75) is 0 Å². The van der Waals surface area contributed by atoms with Gasteiger partial charge in [0, 0.05) is 29.8 Å². The minimum atomic E-state index is -0.514. The zero-order chi connectivity index (χ0) is 20.1. The maximum absolute atomic E-state index is 13.4. The number of aromatic nitrogens is 2. The van der Waals surface area contributed by atoms with Crippen molar-refractivity contribution < 1.29 is 13.9 Å². The molecule has 9 heteroatoms. The first kappa shape index (κ1) is 19.5. The molecule has 2 aromatic carbocycles. The highest BCUT2D eigenvalue weighted by Crippen LogP contribution is 2.33. The van der Waals surface area contributed by atoms with Gasteiger partial charge in [-0.05, 0) is 24.3 Å². The molecule has 0 saturated carbocycles. The zero-order valence-electron chi connectivity index (χ0n) is 14.9. The van der Waals surface area contributed by atoms with Crippen LogP contribution < -0.4 is 21.1 Å². The van der Waals surface area contributed by atoms with Gasteiger partial charge in [-0.2, -0.15) is 0 Å². The first-order valence-electron chi connectivity index (χ1n) is 8.24. The Hall–Kier alpha value is -3.23. The van der Waals surface area contributed by atoms with Gasteiger partial charge in [0.2, 0.25) is 5.91 Å². The summed E-state index contributed by atoms with van der Waals surface area (Å²) in [6.45, 7) is 0.254. The number of anilines is 3. The molecule has 0 fully saturated rings. The number of nitrogens with one attached hydrogen (secondary N) is 2. The summed E-state index contributed by atoms with van der Waals surface area (Å²) < 4.78 is 18.7. The Morgan fingerprint density at radius 2 is 2.14 bits per heavy atom. The summed E-state index contributed by atoms with van der Waals surface area (Å²) >= 11 is 5.83. The first-order chi connectivity index (χ1) is 13.5. The highest BCUT2D eigenvalue weighted by molar-refractivity contribution is 6.31. The van der Waals surface area contributed by atoms with Gasteiger partial charge in [0.05, 0.1) is 23.3 Å². The standard InChI is InChI=1S/C19H17ClFN5O2/c1-28-17-9-15-12(8-16(17)26-18(27)3-2-6-22)19(24-10-23-15)25-11-4-5-14(21)13(20)7-11/h2-5,7-10H,6,22H2,1H3,(H,26,27)(H,23,24,25). The molecule has 0 radical (unpaired) electrons. The number of nitrogens with zero attached hydrogens (tertiary/aromatic N) is 2. The summed E-state index contributed by atoms with van der Waals surface area (Å²) in [5.41, 5.74) is 6.96. The topological polar surface area (TPSA) is 102 Å². The lowest BCUT2D eigenvalue weighted by molar-refractivity contribution is -0.111. The summed E-state index contributed by atoms with van der Waals surface area (Å²) in [5.74, 6) is 0.0413. The van der Waals surface area contributed by atoms with Crippen LogP contribution in [-0.4, -0.2) is 29.5 Å². The van der Waals surface area contributed by atoms with Crippen LogP contribution in [0.2, 0.25) is 5.02 Å². The average Bonchev–Trinajstić information content (AvgIpc) is 2.69. The molecule has 28 heavy (non-hydrogen) atoms. The highest BCUT2D eigenvalue weighted by Gasteiger charge is 2.12. The van der Waals surface area contributed by atoms with Gasteiger partial charge in [-0.15, -0.1) is 0 Å². The van der Waals surface area contributed by atoms with Gasteiger partial charge in [-0.1, -0.05) is 17.7 Å². The Balaban J connectivity index is 2.01. The molecule has 4 N–H and O–H groups in total. The molecule has 144 valence electrons. The van der Waals surface area contributed by atoms with Crippen molar-refractivity contribution in [1.29, 1.82) is 0 Å². The monoisotopic (exact) mass is 401 g/mol. The van der Waals surface area contributed by atoms with Gasteiger partial charge < -0.3 is 21.1 Å². The molecule has 0 atom stereocenters. The van der Waals surface area contributed by atoms with Crippen LogP contribution in [-0.2, 0) is 4.79 Å². The number of halogens is 2. The highest BCUT2D eigenvalue weighted by atomic mass is 35.5. The number of ether oxygens (including phenoxy) is 1. The molecule has 1 heterocycles. The lowest BCUT2D eigenvalue weighted by atomic mass is 10.1. The number of rotatable bonds is 6. The molecule has 0 unspecified atom stereocenters. The molecule has 0 aliphatic carbocycles. The summed E-state index contributed by atoms with van der Waals surface area (Å²) in [6.07, 6.45) is 4.26. The molecular weight excluding hydrogens is 385 g/mol. The largest absolute Gasteiger partial charge is 0.494 e. The number of fused-ring (bicyclic) bond motifs is 1. The Labute approximate surface area is 165 Å². The third kappa shape index (κ3) is 4.36. The number of amides is 1. The van der Waals surface area contributed by atoms with Gasteiger partial charge in [0.1, 0.15) is 23.7 Å². The van der Waals surface area contributed by atoms with E-state index < -0.39 is 5.82 Å². The SMILES string of the molecule is COc1cc2ncnc(Nc3ccc(F)c(Cl)c3)c2cc1NC(=O)C=CCN. The van der Waals surface area contributed by atoms with Gasteiger partial charge in [-0.25, -0.2) is 14.4 Å². The summed E-state index contributed by atoms with van der Waals surface area (Å²) in [5, 5.41) is 6.43. The molecule has 3 aromatic rings. The lowest BCUT2D eigenvalue weighted by Crippen LogP contribution is -2.10. The predicted molar refractivity (Wildman–Crippen MR) is 108 cm³/mol. The summed E-state index contributed by atoms with van der Waals surface area (Å²) in [6, 6.07) is 7.62. The molecule has 1 aromatic heterocycles. The van der Waals surface area contributed by atoms with Crippen LogP contribution in [0.15, 0.2) is 48.8 Å². The van der Waals surface area contributed by atoms with Gasteiger partial charge in [0.15, 0.2) is 0 Å². The number of carbonyl (C=O) groups excluding carboxylic acids is 1. The van der Waals surface area contributed by atoms with Crippen molar-refractivity contribution in [2.75, 3.05) is 24.3 Å². The Morgan fingerprint density at radius 3 is 2.86 bits per heavy atom. The third-order valence-corrected chi connectivity index (χ3v) is 4.09. The Kier molecular flexibility index (Phi) is 6.03. The molecule has 0 aliphatic heterocycles. The second-order valence-corrected chi connectivity index (χ2v) is 6.08. The number of carbonyl (C=O) groups is 1. The minimum Gasteiger partial charge on any atom is -0.494 e. The van der Waals surface area contributed by atoms with Gasteiger partial charge >= 0.3 is 0 Å². The number of hydrogen-bond donors (Lipinski definition) is 3. The molecule has 7 nitrogen and oxygen atoms in total. The van der Waals surface area contributed by atoms with Crippen LogP contribution in [0.5, 0.6) is 5.75 Å². The van der Waals surface area contributed by atoms with Gasteiger partial charge in [0.25, 0.3) is 0 Å². The van der Waals surface area contributed by atoms with E-state index in [0.717, 1.165) is 0 Å². The molecule has 0 saturated heterocycles. The van der Waals surface area contributed by atoms with Crippen LogP contribution in [0.3, 0.4) is 0 Å². The quantitative estimate of drug-likeness (QED) is 0.545. The number of methoxy groups -OCH3 is 1. The van der Waals surface area contributed by atoms with Crippen molar-refractivity contribution in [3.05, 3.63) is 59.7 Å².